The Hall–Kier alpha value is -3.06. The number of benzene rings is 1. The summed E-state index contributed by atoms with van der Waals surface area (Å²) in [7, 11) is 0. The Balaban J connectivity index is 1.42. The van der Waals surface area contributed by atoms with Crippen molar-refractivity contribution < 1.29 is 9.53 Å². The third kappa shape index (κ3) is 4.26. The SMILES string of the molecule is NC(=O)Oc1cccn2cc(-c3ccc(NCCN4CCCCC4)cc3)nc12. The molecule has 0 atom stereocenters. The number of hydrogen-bond acceptors (Lipinski definition) is 5. The topological polar surface area (TPSA) is 84.9 Å². The van der Waals surface area contributed by atoms with Gasteiger partial charge < -0.3 is 25.1 Å². The second-order valence-corrected chi connectivity index (χ2v) is 7.06. The van der Waals surface area contributed by atoms with E-state index in [1.165, 1.54) is 32.4 Å². The van der Waals surface area contributed by atoms with Crippen LogP contribution in [0.15, 0.2) is 48.8 Å². The predicted molar refractivity (Wildman–Crippen MR) is 110 cm³/mol. The molecule has 1 aromatic carbocycles. The van der Waals surface area contributed by atoms with Crippen LogP contribution in [0, 0.1) is 0 Å². The molecular weight excluding hydrogens is 354 g/mol. The lowest BCUT2D eigenvalue weighted by Crippen LogP contribution is -2.33. The first kappa shape index (κ1) is 18.3. The van der Waals surface area contributed by atoms with E-state index in [1.54, 1.807) is 12.1 Å². The molecule has 4 rings (SSSR count). The Morgan fingerprint density at radius 3 is 2.68 bits per heavy atom. The first-order valence-corrected chi connectivity index (χ1v) is 9.71. The molecule has 3 heterocycles. The zero-order chi connectivity index (χ0) is 19.3. The van der Waals surface area contributed by atoms with E-state index >= 15 is 0 Å². The molecule has 28 heavy (non-hydrogen) atoms. The molecular formula is C21H25N5O2. The summed E-state index contributed by atoms with van der Waals surface area (Å²) in [5.74, 6) is 0.345. The number of nitrogens with two attached hydrogens (primary N) is 1. The number of nitrogens with one attached hydrogen (secondary N) is 1. The number of imidazole rings is 1. The number of piperidine rings is 1. The number of aromatic nitrogens is 2. The van der Waals surface area contributed by atoms with Crippen molar-refractivity contribution >= 4 is 17.4 Å². The smallest absolute Gasteiger partial charge is 0.406 e. The van der Waals surface area contributed by atoms with Crippen LogP contribution in [0.5, 0.6) is 5.75 Å². The second-order valence-electron chi connectivity index (χ2n) is 7.06. The van der Waals surface area contributed by atoms with Gasteiger partial charge >= 0.3 is 6.09 Å². The fourth-order valence-electron chi connectivity index (χ4n) is 3.61. The number of carbonyl (C=O) groups excluding carboxylic acids is 1. The number of fused-ring (bicyclic) bond motifs is 1. The first-order valence-electron chi connectivity index (χ1n) is 9.71. The van der Waals surface area contributed by atoms with Gasteiger partial charge in [0.1, 0.15) is 0 Å². The lowest BCUT2D eigenvalue weighted by molar-refractivity contribution is 0.211. The lowest BCUT2D eigenvalue weighted by Gasteiger charge is -2.26. The van der Waals surface area contributed by atoms with Gasteiger partial charge in [0.25, 0.3) is 0 Å². The van der Waals surface area contributed by atoms with Gasteiger partial charge in [-0.15, -0.1) is 0 Å². The molecule has 0 bridgehead atoms. The zero-order valence-electron chi connectivity index (χ0n) is 15.8. The number of hydrogen-bond donors (Lipinski definition) is 2. The molecule has 2 aromatic heterocycles. The van der Waals surface area contributed by atoms with E-state index in [9.17, 15) is 4.79 Å². The maximum atomic E-state index is 11.1. The number of carbonyl (C=O) groups is 1. The molecule has 0 aliphatic carbocycles. The molecule has 7 nitrogen and oxygen atoms in total. The van der Waals surface area contributed by atoms with Gasteiger partial charge in [-0.1, -0.05) is 18.6 Å². The fraction of sp³-hybridized carbons (Fsp3) is 0.333. The molecule has 0 unspecified atom stereocenters. The molecule has 1 fully saturated rings. The van der Waals surface area contributed by atoms with E-state index in [4.69, 9.17) is 10.5 Å². The highest BCUT2D eigenvalue weighted by Crippen LogP contribution is 2.25. The van der Waals surface area contributed by atoms with Crippen molar-refractivity contribution in [3.8, 4) is 17.0 Å². The number of nitrogens with zero attached hydrogens (tertiary/aromatic N) is 3. The summed E-state index contributed by atoms with van der Waals surface area (Å²) in [6, 6.07) is 11.7. The van der Waals surface area contributed by atoms with Gasteiger partial charge in [0.05, 0.1) is 5.69 Å². The number of ether oxygens (including phenoxy) is 1. The molecule has 0 spiro atoms. The van der Waals surface area contributed by atoms with E-state index in [0.29, 0.717) is 11.4 Å². The van der Waals surface area contributed by atoms with Crippen molar-refractivity contribution in [3.63, 3.8) is 0 Å². The number of likely N-dealkylation sites (tertiary alicyclic amines) is 1. The standard InChI is InChI=1S/C21H25N5O2/c22-21(27)28-19-5-4-13-26-15-18(24-20(19)26)16-6-8-17(9-7-16)23-10-14-25-11-2-1-3-12-25/h4-9,13,15,23H,1-3,10-12,14H2,(H2,22,27). The summed E-state index contributed by atoms with van der Waals surface area (Å²) in [5.41, 5.74) is 8.59. The highest BCUT2D eigenvalue weighted by Gasteiger charge is 2.11. The Morgan fingerprint density at radius 2 is 1.93 bits per heavy atom. The highest BCUT2D eigenvalue weighted by molar-refractivity contribution is 5.73. The second kappa shape index (κ2) is 8.31. The fourth-order valence-corrected chi connectivity index (χ4v) is 3.61. The maximum absolute atomic E-state index is 11.1. The molecule has 3 aromatic rings. The number of anilines is 1. The van der Waals surface area contributed by atoms with Crippen LogP contribution in [0.4, 0.5) is 10.5 Å². The quantitative estimate of drug-likeness (QED) is 0.686. The van der Waals surface area contributed by atoms with Crippen LogP contribution in [0.25, 0.3) is 16.9 Å². The minimum atomic E-state index is -0.849. The van der Waals surface area contributed by atoms with Crippen LogP contribution in [0.1, 0.15) is 19.3 Å². The minimum absolute atomic E-state index is 0.345. The number of primary amides is 1. The van der Waals surface area contributed by atoms with Crippen molar-refractivity contribution in [1.29, 1.82) is 0 Å². The molecule has 7 heteroatoms. The minimum Gasteiger partial charge on any atom is -0.406 e. The van der Waals surface area contributed by atoms with Gasteiger partial charge in [0, 0.05) is 36.7 Å². The Morgan fingerprint density at radius 1 is 1.14 bits per heavy atom. The largest absolute Gasteiger partial charge is 0.410 e. The Bertz CT molecular complexity index is 945. The van der Waals surface area contributed by atoms with Crippen LogP contribution < -0.4 is 15.8 Å². The van der Waals surface area contributed by atoms with Crippen molar-refractivity contribution in [2.75, 3.05) is 31.5 Å². The van der Waals surface area contributed by atoms with Crippen LogP contribution in [-0.2, 0) is 0 Å². The van der Waals surface area contributed by atoms with Crippen molar-refractivity contribution in [2.24, 2.45) is 5.73 Å². The summed E-state index contributed by atoms with van der Waals surface area (Å²) in [4.78, 5) is 18.2. The number of rotatable bonds is 6. The van der Waals surface area contributed by atoms with Crippen LogP contribution in [0.3, 0.4) is 0 Å². The van der Waals surface area contributed by atoms with E-state index in [1.807, 2.05) is 28.9 Å². The van der Waals surface area contributed by atoms with Crippen LogP contribution >= 0.6 is 0 Å². The van der Waals surface area contributed by atoms with E-state index < -0.39 is 6.09 Å². The van der Waals surface area contributed by atoms with Crippen LogP contribution in [0.2, 0.25) is 0 Å². The van der Waals surface area contributed by atoms with E-state index in [-0.39, 0.29) is 0 Å². The van der Waals surface area contributed by atoms with Gasteiger partial charge in [-0.05, 0) is 50.2 Å². The molecule has 1 aliphatic heterocycles. The van der Waals surface area contributed by atoms with Gasteiger partial charge in [-0.25, -0.2) is 9.78 Å². The Labute approximate surface area is 164 Å². The normalized spacial score (nSPS) is 14.9. The Kier molecular flexibility index (Phi) is 5.43. The third-order valence-corrected chi connectivity index (χ3v) is 5.04. The molecule has 146 valence electrons. The third-order valence-electron chi connectivity index (χ3n) is 5.04. The van der Waals surface area contributed by atoms with Gasteiger partial charge in [-0.3, -0.25) is 0 Å². The summed E-state index contributed by atoms with van der Waals surface area (Å²) in [5, 5.41) is 3.49. The van der Waals surface area contributed by atoms with E-state index in [0.717, 1.165) is 30.0 Å². The van der Waals surface area contributed by atoms with Crippen molar-refractivity contribution in [2.45, 2.75) is 19.3 Å². The van der Waals surface area contributed by atoms with Crippen LogP contribution in [-0.4, -0.2) is 46.6 Å². The van der Waals surface area contributed by atoms with E-state index in [2.05, 4.69) is 27.3 Å². The highest BCUT2D eigenvalue weighted by atomic mass is 16.5. The summed E-state index contributed by atoms with van der Waals surface area (Å²) in [6.07, 6.45) is 6.92. The average Bonchev–Trinajstić information content (AvgIpc) is 3.14. The first-order chi connectivity index (χ1) is 13.7. The van der Waals surface area contributed by atoms with Gasteiger partial charge in [0.2, 0.25) is 0 Å². The molecule has 0 radical (unpaired) electrons. The molecule has 3 N–H and O–H groups in total. The molecule has 1 saturated heterocycles. The summed E-state index contributed by atoms with van der Waals surface area (Å²) >= 11 is 0. The van der Waals surface area contributed by atoms with Gasteiger partial charge in [0.15, 0.2) is 11.4 Å². The predicted octanol–water partition coefficient (Wildman–Crippen LogP) is 3.36. The van der Waals surface area contributed by atoms with Crippen molar-refractivity contribution in [1.82, 2.24) is 14.3 Å². The summed E-state index contributed by atoms with van der Waals surface area (Å²) < 4.78 is 6.85. The van der Waals surface area contributed by atoms with Crippen molar-refractivity contribution in [3.05, 3.63) is 48.8 Å². The average molecular weight is 379 g/mol. The maximum Gasteiger partial charge on any atom is 0.410 e. The number of pyridine rings is 1. The molecule has 0 saturated carbocycles. The lowest BCUT2D eigenvalue weighted by atomic mass is 10.1. The summed E-state index contributed by atoms with van der Waals surface area (Å²) in [6.45, 7) is 4.46. The zero-order valence-corrected chi connectivity index (χ0v) is 15.8. The van der Waals surface area contributed by atoms with Gasteiger partial charge in [-0.2, -0.15) is 0 Å². The number of amides is 1. The monoisotopic (exact) mass is 379 g/mol. The molecule has 1 amide bonds. The molecule has 1 aliphatic rings.